The van der Waals surface area contributed by atoms with Crippen LogP contribution < -0.4 is 5.32 Å². The molecule has 4 nitrogen and oxygen atoms in total. The molecule has 104 valence electrons. The van der Waals surface area contributed by atoms with Crippen LogP contribution in [0.1, 0.15) is 45.3 Å². The molecule has 3 unspecified atom stereocenters. The topological polar surface area (TPSA) is 46.9 Å². The third-order valence-electron chi connectivity index (χ3n) is 3.18. The Hall–Kier alpha value is -0.680. The number of aromatic nitrogens is 2. The van der Waals surface area contributed by atoms with Crippen molar-refractivity contribution in [2.75, 3.05) is 12.0 Å². The number of hydrogen-bond donors (Lipinski definition) is 1. The fraction of sp³-hybridized carbons (Fsp3) is 0.769. The number of rotatable bonds is 8. The average molecular weight is 271 g/mol. The van der Waals surface area contributed by atoms with Crippen molar-refractivity contribution in [3.05, 3.63) is 18.0 Å². The Kier molecular flexibility index (Phi) is 6.57. The van der Waals surface area contributed by atoms with Crippen molar-refractivity contribution < 1.29 is 4.21 Å². The van der Waals surface area contributed by atoms with Gasteiger partial charge in [-0.25, -0.2) is 0 Å². The maximum absolute atomic E-state index is 11.0. The summed E-state index contributed by atoms with van der Waals surface area (Å²) in [7, 11) is -0.697. The van der Waals surface area contributed by atoms with Gasteiger partial charge in [0.05, 0.1) is 5.69 Å². The van der Waals surface area contributed by atoms with Gasteiger partial charge >= 0.3 is 0 Å². The molecule has 0 fully saturated rings. The first-order chi connectivity index (χ1) is 8.52. The van der Waals surface area contributed by atoms with Crippen LogP contribution in [-0.2, 0) is 17.3 Å². The van der Waals surface area contributed by atoms with Crippen LogP contribution in [0.2, 0.25) is 0 Å². The molecule has 5 heteroatoms. The van der Waals surface area contributed by atoms with Crippen LogP contribution in [-0.4, -0.2) is 32.0 Å². The molecule has 3 atom stereocenters. The van der Waals surface area contributed by atoms with Crippen LogP contribution in [0, 0.1) is 0 Å². The summed E-state index contributed by atoms with van der Waals surface area (Å²) in [4.78, 5) is 0. The van der Waals surface area contributed by atoms with Crippen LogP contribution in [0.3, 0.4) is 0 Å². The Balaban J connectivity index is 2.34. The molecule has 1 rings (SSSR count). The second-order valence-corrected chi connectivity index (χ2v) is 6.45. The minimum atomic E-state index is -0.697. The van der Waals surface area contributed by atoms with Crippen LogP contribution in [0.5, 0.6) is 0 Å². The molecular formula is C13H25N3OS. The lowest BCUT2D eigenvalue weighted by Gasteiger charge is -2.12. The Morgan fingerprint density at radius 1 is 1.50 bits per heavy atom. The summed E-state index contributed by atoms with van der Waals surface area (Å²) in [5.74, 6) is 0.759. The zero-order chi connectivity index (χ0) is 13.5. The molecule has 0 aliphatic heterocycles. The van der Waals surface area contributed by atoms with Gasteiger partial charge in [-0.3, -0.25) is 8.89 Å². The molecule has 1 heterocycles. The first-order valence-corrected chi connectivity index (χ1v) is 8.33. The van der Waals surface area contributed by atoms with Gasteiger partial charge in [-0.15, -0.1) is 0 Å². The van der Waals surface area contributed by atoms with Crippen LogP contribution in [0.4, 0.5) is 0 Å². The molecule has 1 aromatic heterocycles. The van der Waals surface area contributed by atoms with E-state index in [0.717, 1.165) is 30.8 Å². The predicted molar refractivity (Wildman–Crippen MR) is 77.1 cm³/mol. The average Bonchev–Trinajstić information content (AvgIpc) is 2.81. The molecular weight excluding hydrogens is 246 g/mol. The highest BCUT2D eigenvalue weighted by Gasteiger charge is 2.06. The van der Waals surface area contributed by atoms with E-state index in [9.17, 15) is 4.21 Å². The lowest BCUT2D eigenvalue weighted by molar-refractivity contribution is 0.466. The summed E-state index contributed by atoms with van der Waals surface area (Å²) in [6.45, 7) is 7.24. The fourth-order valence-electron chi connectivity index (χ4n) is 1.63. The minimum Gasteiger partial charge on any atom is -0.309 e. The summed E-state index contributed by atoms with van der Waals surface area (Å²) in [5.41, 5.74) is 1.07. The van der Waals surface area contributed by atoms with Crippen LogP contribution in [0.25, 0.3) is 0 Å². The molecule has 0 amide bonds. The normalized spacial score (nSPS) is 16.4. The van der Waals surface area contributed by atoms with E-state index in [1.165, 1.54) is 0 Å². The van der Waals surface area contributed by atoms with Crippen LogP contribution >= 0.6 is 0 Å². The monoisotopic (exact) mass is 271 g/mol. The molecule has 0 saturated heterocycles. The highest BCUT2D eigenvalue weighted by Crippen LogP contribution is 2.09. The second kappa shape index (κ2) is 7.69. The van der Waals surface area contributed by atoms with E-state index in [1.54, 1.807) is 6.26 Å². The van der Waals surface area contributed by atoms with Gasteiger partial charge in [-0.1, -0.05) is 6.92 Å². The van der Waals surface area contributed by atoms with E-state index >= 15 is 0 Å². The summed E-state index contributed by atoms with van der Waals surface area (Å²) in [6, 6.07) is 2.89. The van der Waals surface area contributed by atoms with Gasteiger partial charge in [-0.2, -0.15) is 5.10 Å². The van der Waals surface area contributed by atoms with Gasteiger partial charge in [0.1, 0.15) is 0 Å². The van der Waals surface area contributed by atoms with Gasteiger partial charge < -0.3 is 5.32 Å². The summed E-state index contributed by atoms with van der Waals surface area (Å²) in [5, 5.41) is 7.96. The van der Waals surface area contributed by atoms with E-state index in [1.807, 2.05) is 10.9 Å². The number of hydrogen-bond acceptors (Lipinski definition) is 3. The summed E-state index contributed by atoms with van der Waals surface area (Å²) >= 11 is 0. The molecule has 0 spiro atoms. The molecule has 0 bridgehead atoms. The van der Waals surface area contributed by atoms with E-state index in [2.05, 4.69) is 37.3 Å². The molecule has 0 aromatic carbocycles. The van der Waals surface area contributed by atoms with E-state index in [-0.39, 0.29) is 0 Å². The summed E-state index contributed by atoms with van der Waals surface area (Å²) in [6.07, 6.45) is 5.82. The van der Waals surface area contributed by atoms with Crippen molar-refractivity contribution >= 4 is 10.8 Å². The second-order valence-electron chi connectivity index (χ2n) is 4.89. The molecule has 0 radical (unpaired) electrons. The first kappa shape index (κ1) is 15.4. The van der Waals surface area contributed by atoms with Crippen molar-refractivity contribution in [1.82, 2.24) is 15.1 Å². The van der Waals surface area contributed by atoms with Crippen molar-refractivity contribution in [3.63, 3.8) is 0 Å². The van der Waals surface area contributed by atoms with Crippen molar-refractivity contribution in [3.8, 4) is 0 Å². The zero-order valence-corrected chi connectivity index (χ0v) is 12.7. The molecule has 1 aromatic rings. The highest BCUT2D eigenvalue weighted by molar-refractivity contribution is 7.84. The number of nitrogens with zero attached hydrogens (tertiary/aromatic N) is 2. The van der Waals surface area contributed by atoms with E-state index in [4.69, 9.17) is 0 Å². The van der Waals surface area contributed by atoms with Gasteiger partial charge in [-0.05, 0) is 32.8 Å². The molecule has 0 aliphatic carbocycles. The fourth-order valence-corrected chi connectivity index (χ4v) is 2.31. The Labute approximate surface area is 113 Å². The Morgan fingerprint density at radius 2 is 2.22 bits per heavy atom. The molecule has 1 N–H and O–H groups in total. The van der Waals surface area contributed by atoms with Gasteiger partial charge in [0.15, 0.2) is 0 Å². The third kappa shape index (κ3) is 5.31. The standard InChI is InChI=1S/C13H25N3OS/c1-5-12(3)16-8-6-13(15-16)10-14-11(2)7-9-18(4)17/h6,8,11-12,14H,5,7,9-10H2,1-4H3. The maximum atomic E-state index is 11.0. The maximum Gasteiger partial charge on any atom is 0.0762 e. The van der Waals surface area contributed by atoms with E-state index < -0.39 is 10.8 Å². The molecule has 0 saturated carbocycles. The summed E-state index contributed by atoms with van der Waals surface area (Å²) < 4.78 is 13.0. The Bertz CT molecular complexity index is 378. The molecule has 0 aliphatic rings. The van der Waals surface area contributed by atoms with E-state index in [0.29, 0.717) is 12.1 Å². The highest BCUT2D eigenvalue weighted by atomic mass is 32.2. The van der Waals surface area contributed by atoms with Gasteiger partial charge in [0.2, 0.25) is 0 Å². The van der Waals surface area contributed by atoms with Gasteiger partial charge in [0.25, 0.3) is 0 Å². The minimum absolute atomic E-state index is 0.377. The first-order valence-electron chi connectivity index (χ1n) is 6.60. The third-order valence-corrected chi connectivity index (χ3v) is 3.99. The SMILES string of the molecule is CCC(C)n1ccc(CNC(C)CCS(C)=O)n1. The quantitative estimate of drug-likeness (QED) is 0.787. The smallest absolute Gasteiger partial charge is 0.0762 e. The van der Waals surface area contributed by atoms with Gasteiger partial charge in [0, 0.05) is 47.6 Å². The predicted octanol–water partition coefficient (Wildman–Crippen LogP) is 2.10. The largest absolute Gasteiger partial charge is 0.309 e. The molecule has 18 heavy (non-hydrogen) atoms. The Morgan fingerprint density at radius 3 is 2.83 bits per heavy atom. The van der Waals surface area contributed by atoms with Crippen molar-refractivity contribution in [2.24, 2.45) is 0 Å². The number of nitrogens with one attached hydrogen (secondary N) is 1. The lowest BCUT2D eigenvalue weighted by atomic mass is 10.2. The van der Waals surface area contributed by atoms with Crippen molar-refractivity contribution in [1.29, 1.82) is 0 Å². The lowest BCUT2D eigenvalue weighted by Crippen LogP contribution is -2.27. The van der Waals surface area contributed by atoms with Crippen LogP contribution in [0.15, 0.2) is 12.3 Å². The van der Waals surface area contributed by atoms with Crippen molar-refractivity contribution in [2.45, 2.75) is 52.2 Å². The zero-order valence-electron chi connectivity index (χ0n) is 11.8.